The monoisotopic (exact) mass is 357 g/mol. The highest BCUT2D eigenvalue weighted by atomic mass is 16.6. The normalized spacial score (nSPS) is 21.9. The molecule has 0 saturated carbocycles. The van der Waals surface area contributed by atoms with Crippen LogP contribution >= 0.6 is 0 Å². The second kappa shape index (κ2) is 7.73. The van der Waals surface area contributed by atoms with Crippen LogP contribution in [0.3, 0.4) is 0 Å². The molecule has 0 N–H and O–H groups in total. The van der Waals surface area contributed by atoms with Crippen LogP contribution in [-0.4, -0.2) is 87.6 Å². The van der Waals surface area contributed by atoms with E-state index in [1.54, 1.807) is 6.33 Å². The Hall–Kier alpha value is -1.96. The van der Waals surface area contributed by atoms with E-state index in [-0.39, 0.29) is 6.10 Å². The Morgan fingerprint density at radius 3 is 2.69 bits per heavy atom. The van der Waals surface area contributed by atoms with Crippen molar-refractivity contribution in [3.05, 3.63) is 24.5 Å². The van der Waals surface area contributed by atoms with E-state index < -0.39 is 0 Å². The molecular weight excluding hydrogens is 330 g/mol. The smallest absolute Gasteiger partial charge is 0.139 e. The molecule has 2 aliphatic heterocycles. The number of nitrogens with zero attached hydrogens (tertiary/aromatic N) is 5. The number of rotatable bonds is 4. The molecule has 0 aliphatic carbocycles. The predicted molar refractivity (Wildman–Crippen MR) is 103 cm³/mol. The largest absolute Gasteiger partial charge is 0.376 e. The molecule has 2 saturated heterocycles. The van der Waals surface area contributed by atoms with Crippen LogP contribution in [0.1, 0.15) is 0 Å². The molecule has 0 amide bonds. The van der Waals surface area contributed by atoms with Crippen LogP contribution in [0.4, 0.5) is 11.5 Å². The van der Waals surface area contributed by atoms with E-state index in [0.29, 0.717) is 0 Å². The van der Waals surface area contributed by atoms with Crippen molar-refractivity contribution in [2.45, 2.75) is 6.10 Å². The topological polar surface area (TPSA) is 54.0 Å². The molecule has 4 rings (SSSR count). The Kier molecular flexibility index (Phi) is 5.19. The number of ether oxygens (including phenoxy) is 2. The van der Waals surface area contributed by atoms with Crippen molar-refractivity contribution in [2.24, 2.45) is 0 Å². The highest BCUT2D eigenvalue weighted by molar-refractivity contribution is 5.91. The van der Waals surface area contributed by atoms with Gasteiger partial charge < -0.3 is 19.3 Å². The first-order valence-corrected chi connectivity index (χ1v) is 9.29. The van der Waals surface area contributed by atoms with Crippen LogP contribution in [0.2, 0.25) is 0 Å². The molecule has 2 aromatic rings. The summed E-state index contributed by atoms with van der Waals surface area (Å²) in [6.45, 7) is 7.26. The zero-order valence-electron chi connectivity index (χ0n) is 15.6. The van der Waals surface area contributed by atoms with Crippen molar-refractivity contribution in [3.63, 3.8) is 0 Å². The quantitative estimate of drug-likeness (QED) is 0.816. The molecule has 1 aromatic carbocycles. The van der Waals surface area contributed by atoms with E-state index in [1.165, 1.54) is 5.69 Å². The van der Waals surface area contributed by atoms with Gasteiger partial charge in [0.15, 0.2) is 0 Å². The first kappa shape index (κ1) is 17.5. The number of hydrogen-bond acceptors (Lipinski definition) is 7. The summed E-state index contributed by atoms with van der Waals surface area (Å²) in [6.07, 6.45) is 1.85. The molecule has 3 heterocycles. The van der Waals surface area contributed by atoms with Gasteiger partial charge in [0.25, 0.3) is 0 Å². The van der Waals surface area contributed by atoms with Crippen molar-refractivity contribution < 1.29 is 9.47 Å². The maximum Gasteiger partial charge on any atom is 0.139 e. The number of piperazine rings is 1. The highest BCUT2D eigenvalue weighted by Crippen LogP contribution is 2.27. The molecule has 2 fully saturated rings. The van der Waals surface area contributed by atoms with Crippen LogP contribution < -0.4 is 9.80 Å². The van der Waals surface area contributed by atoms with Gasteiger partial charge in [0.1, 0.15) is 12.1 Å². The summed E-state index contributed by atoms with van der Waals surface area (Å²) in [5.74, 6) is 0.963. The maximum absolute atomic E-state index is 5.78. The van der Waals surface area contributed by atoms with E-state index in [2.05, 4.69) is 38.0 Å². The molecule has 1 aromatic heterocycles. The van der Waals surface area contributed by atoms with E-state index in [4.69, 9.17) is 9.47 Å². The van der Waals surface area contributed by atoms with Gasteiger partial charge in [0, 0.05) is 57.9 Å². The number of benzene rings is 1. The Balaban J connectivity index is 1.43. The van der Waals surface area contributed by atoms with Crippen LogP contribution in [0.25, 0.3) is 10.9 Å². The molecule has 2 aliphatic rings. The Morgan fingerprint density at radius 2 is 1.96 bits per heavy atom. The lowest BCUT2D eigenvalue weighted by atomic mass is 10.1. The SMILES string of the molecule is CN(C)c1ncnc2ccc(N3CCN(CC4COCCO4)CC3)cc12. The third-order valence-electron chi connectivity index (χ3n) is 5.11. The lowest BCUT2D eigenvalue weighted by Gasteiger charge is -2.38. The second-order valence-electron chi connectivity index (χ2n) is 7.15. The van der Waals surface area contributed by atoms with Gasteiger partial charge in [0.2, 0.25) is 0 Å². The van der Waals surface area contributed by atoms with Gasteiger partial charge in [-0.3, -0.25) is 4.90 Å². The number of hydrogen-bond donors (Lipinski definition) is 0. The summed E-state index contributed by atoms with van der Waals surface area (Å²) in [7, 11) is 4.04. The Bertz CT molecular complexity index is 740. The van der Waals surface area contributed by atoms with E-state index in [0.717, 1.165) is 69.3 Å². The van der Waals surface area contributed by atoms with Gasteiger partial charge in [-0.05, 0) is 18.2 Å². The second-order valence-corrected chi connectivity index (χ2v) is 7.15. The van der Waals surface area contributed by atoms with E-state index in [1.807, 2.05) is 19.0 Å². The van der Waals surface area contributed by atoms with Crippen molar-refractivity contribution in [1.29, 1.82) is 0 Å². The molecule has 7 heteroatoms. The molecule has 7 nitrogen and oxygen atoms in total. The van der Waals surface area contributed by atoms with Crippen molar-refractivity contribution in [3.8, 4) is 0 Å². The minimum absolute atomic E-state index is 0.218. The van der Waals surface area contributed by atoms with Crippen LogP contribution in [0, 0.1) is 0 Å². The zero-order valence-corrected chi connectivity index (χ0v) is 15.6. The Labute approximate surface area is 154 Å². The summed E-state index contributed by atoms with van der Waals surface area (Å²) in [5.41, 5.74) is 2.23. The molecular formula is C19H27N5O2. The minimum atomic E-state index is 0.218. The molecule has 1 unspecified atom stereocenters. The molecule has 140 valence electrons. The first-order chi connectivity index (χ1) is 12.7. The summed E-state index contributed by atoms with van der Waals surface area (Å²) < 4.78 is 11.3. The van der Waals surface area contributed by atoms with E-state index in [9.17, 15) is 0 Å². The summed E-state index contributed by atoms with van der Waals surface area (Å²) in [5, 5.41) is 1.10. The van der Waals surface area contributed by atoms with Gasteiger partial charge in [-0.1, -0.05) is 0 Å². The number of anilines is 2. The lowest BCUT2D eigenvalue weighted by Crippen LogP contribution is -2.50. The fraction of sp³-hybridized carbons (Fsp3) is 0.579. The Morgan fingerprint density at radius 1 is 1.12 bits per heavy atom. The van der Waals surface area contributed by atoms with Crippen molar-refractivity contribution in [2.75, 3.05) is 76.4 Å². The third kappa shape index (κ3) is 3.75. The van der Waals surface area contributed by atoms with Crippen LogP contribution in [0.5, 0.6) is 0 Å². The molecule has 0 bridgehead atoms. The maximum atomic E-state index is 5.78. The zero-order chi connectivity index (χ0) is 17.9. The minimum Gasteiger partial charge on any atom is -0.376 e. The molecule has 0 spiro atoms. The molecule has 1 atom stereocenters. The molecule has 26 heavy (non-hydrogen) atoms. The predicted octanol–water partition coefficient (Wildman–Crippen LogP) is 1.23. The summed E-state index contributed by atoms with van der Waals surface area (Å²) in [4.78, 5) is 15.8. The van der Waals surface area contributed by atoms with Gasteiger partial charge in [-0.25, -0.2) is 9.97 Å². The lowest BCUT2D eigenvalue weighted by molar-refractivity contribution is -0.0977. The fourth-order valence-corrected chi connectivity index (χ4v) is 3.70. The van der Waals surface area contributed by atoms with Crippen LogP contribution in [0.15, 0.2) is 24.5 Å². The van der Waals surface area contributed by atoms with Gasteiger partial charge in [-0.15, -0.1) is 0 Å². The van der Waals surface area contributed by atoms with Gasteiger partial charge in [-0.2, -0.15) is 0 Å². The van der Waals surface area contributed by atoms with Gasteiger partial charge in [0.05, 0.1) is 31.4 Å². The van der Waals surface area contributed by atoms with Crippen LogP contribution in [-0.2, 0) is 9.47 Å². The average molecular weight is 357 g/mol. The number of aromatic nitrogens is 2. The molecule has 0 radical (unpaired) electrons. The standard InChI is InChI=1S/C19H27N5O2/c1-22(2)19-17-11-15(3-4-18(17)20-14-21-19)24-7-5-23(6-8-24)12-16-13-25-9-10-26-16/h3-4,11,14,16H,5-10,12-13H2,1-2H3. The van der Waals surface area contributed by atoms with E-state index >= 15 is 0 Å². The number of fused-ring (bicyclic) bond motifs is 1. The highest BCUT2D eigenvalue weighted by Gasteiger charge is 2.22. The third-order valence-corrected chi connectivity index (χ3v) is 5.11. The average Bonchev–Trinajstić information content (AvgIpc) is 2.68. The fourth-order valence-electron chi connectivity index (χ4n) is 3.70. The van der Waals surface area contributed by atoms with Crippen molar-refractivity contribution >= 4 is 22.4 Å². The van der Waals surface area contributed by atoms with Gasteiger partial charge >= 0.3 is 0 Å². The van der Waals surface area contributed by atoms with Crippen molar-refractivity contribution in [1.82, 2.24) is 14.9 Å². The summed E-state index contributed by atoms with van der Waals surface area (Å²) >= 11 is 0. The summed E-state index contributed by atoms with van der Waals surface area (Å²) in [6, 6.07) is 6.49. The first-order valence-electron chi connectivity index (χ1n) is 9.29.